The highest BCUT2D eigenvalue weighted by atomic mass is 127. The molecule has 0 saturated carbocycles. The third kappa shape index (κ3) is 12.4. The second-order valence-electron chi connectivity index (χ2n) is 6.60. The molecule has 0 aliphatic heterocycles. The highest BCUT2D eigenvalue weighted by Gasteiger charge is 2.21. The minimum Gasteiger partial charge on any atom is -0.748 e. The summed E-state index contributed by atoms with van der Waals surface area (Å²) in [5.74, 6) is -0.195. The van der Waals surface area contributed by atoms with Gasteiger partial charge < -0.3 is 4.55 Å². The van der Waals surface area contributed by atoms with Gasteiger partial charge in [0.25, 0.3) is 11.4 Å². The molecule has 170 valence electrons. The summed E-state index contributed by atoms with van der Waals surface area (Å²) in [6, 6.07) is 12.8. The van der Waals surface area contributed by atoms with E-state index in [0.29, 0.717) is 6.42 Å². The molecule has 2 aromatic rings. The van der Waals surface area contributed by atoms with Gasteiger partial charge in [-0.2, -0.15) is 0 Å². The molecular weight excluding hydrogens is 539 g/mol. The van der Waals surface area contributed by atoms with Gasteiger partial charge in [0.1, 0.15) is 0 Å². The predicted molar refractivity (Wildman–Crippen MR) is 112 cm³/mol. The second kappa shape index (κ2) is 14.0. The Morgan fingerprint density at radius 2 is 1.26 bits per heavy atom. The normalized spacial score (nSPS) is 10.8. The molecule has 2 aromatic carbocycles. The van der Waals surface area contributed by atoms with Crippen LogP contribution in [-0.2, 0) is 10.1 Å². The monoisotopic (exact) mass is 564 g/mol. The first-order valence-corrected chi connectivity index (χ1v) is 13.4. The number of hydrogen-bond acceptors (Lipinski definition) is 7. The highest BCUT2D eigenvalue weighted by Crippen LogP contribution is 2.09. The van der Waals surface area contributed by atoms with Crippen molar-refractivity contribution in [3.05, 3.63) is 75.9 Å². The molecule has 0 fully saturated rings. The van der Waals surface area contributed by atoms with E-state index in [1.54, 1.807) is 24.3 Å². The van der Waals surface area contributed by atoms with Crippen LogP contribution in [0.1, 0.15) is 45.4 Å². The fourth-order valence-electron chi connectivity index (χ4n) is 2.48. The number of nitro groups is 2. The average molecular weight is 564 g/mol. The molecule has 9 nitrogen and oxygen atoms in total. The summed E-state index contributed by atoms with van der Waals surface area (Å²) >= 11 is -0.665. The lowest BCUT2D eigenvalue weighted by Crippen LogP contribution is -3.61. The van der Waals surface area contributed by atoms with Crippen molar-refractivity contribution in [3.63, 3.8) is 0 Å². The van der Waals surface area contributed by atoms with Crippen LogP contribution in [0.25, 0.3) is 0 Å². The van der Waals surface area contributed by atoms with Crippen molar-refractivity contribution in [2.24, 2.45) is 0 Å². The van der Waals surface area contributed by atoms with E-state index in [1.807, 2.05) is 0 Å². The van der Waals surface area contributed by atoms with Crippen molar-refractivity contribution < 1.29 is 44.0 Å². The van der Waals surface area contributed by atoms with E-state index < -0.39 is 41.2 Å². The molecule has 11 heteroatoms. The lowest BCUT2D eigenvalue weighted by atomic mass is 10.1. The Morgan fingerprint density at radius 1 is 0.806 bits per heavy atom. The van der Waals surface area contributed by atoms with E-state index in [4.69, 9.17) is 0 Å². The molecule has 0 bridgehead atoms. The highest BCUT2D eigenvalue weighted by molar-refractivity contribution is 7.85. The van der Waals surface area contributed by atoms with Crippen LogP contribution in [0.4, 0.5) is 11.4 Å². The van der Waals surface area contributed by atoms with Crippen LogP contribution in [0, 0.1) is 27.4 Å². The molecule has 31 heavy (non-hydrogen) atoms. The van der Waals surface area contributed by atoms with E-state index in [-0.39, 0.29) is 17.1 Å². The number of hydrogen-bond donors (Lipinski definition) is 0. The Hall–Kier alpha value is -2.12. The van der Waals surface area contributed by atoms with Gasteiger partial charge in [-0.25, -0.2) is 8.42 Å². The molecule has 0 aliphatic carbocycles. The number of benzene rings is 2. The number of rotatable bonds is 11. The number of non-ortho nitro benzene ring substituents is 2. The van der Waals surface area contributed by atoms with E-state index >= 15 is 0 Å². The Labute approximate surface area is 192 Å². The minimum absolute atomic E-state index is 0.0441. The molecule has 0 N–H and O–H groups in total. The first-order chi connectivity index (χ1) is 14.6. The van der Waals surface area contributed by atoms with Crippen LogP contribution in [0.2, 0.25) is 0 Å². The number of nitrogens with zero attached hydrogens (tertiary/aromatic N) is 2. The minimum atomic E-state index is -3.97. The van der Waals surface area contributed by atoms with Crippen molar-refractivity contribution in [2.75, 3.05) is 5.75 Å². The fraction of sp³-hybridized carbons (Fsp3) is 0.400. The van der Waals surface area contributed by atoms with Crippen LogP contribution >= 0.6 is 0 Å². The summed E-state index contributed by atoms with van der Waals surface area (Å²) in [5.41, 5.74) is 0.0882. The van der Waals surface area contributed by atoms with Crippen molar-refractivity contribution in [1.29, 1.82) is 0 Å². The van der Waals surface area contributed by atoms with Crippen LogP contribution in [-0.4, -0.2) is 28.6 Å². The van der Waals surface area contributed by atoms with Gasteiger partial charge in [0, 0.05) is 17.9 Å². The fourth-order valence-corrected chi connectivity index (χ4v) is 5.48. The van der Waals surface area contributed by atoms with Crippen molar-refractivity contribution in [1.82, 2.24) is 0 Å². The summed E-state index contributed by atoms with van der Waals surface area (Å²) in [5, 5.41) is 21.4. The predicted octanol–water partition coefficient (Wildman–Crippen LogP) is 1.52. The summed E-state index contributed by atoms with van der Waals surface area (Å²) in [6.07, 6.45) is 5.96. The average Bonchev–Trinajstić information content (AvgIpc) is 2.71. The second-order valence-corrected chi connectivity index (χ2v) is 11.2. The van der Waals surface area contributed by atoms with E-state index in [9.17, 15) is 33.2 Å². The van der Waals surface area contributed by atoms with E-state index in [2.05, 4.69) is 6.92 Å². The zero-order valence-corrected chi connectivity index (χ0v) is 20.1. The quantitative estimate of drug-likeness (QED) is 0.132. The zero-order chi connectivity index (χ0) is 23.3. The molecule has 0 spiro atoms. The van der Waals surface area contributed by atoms with Crippen LogP contribution in [0.15, 0.2) is 48.5 Å². The molecule has 0 atom stereocenters. The van der Waals surface area contributed by atoms with Gasteiger partial charge in [-0.3, -0.25) is 20.2 Å². The van der Waals surface area contributed by atoms with E-state index in [0.717, 1.165) is 26.4 Å². The maximum absolute atomic E-state index is 10.7. The maximum Gasteiger partial charge on any atom is 0.358 e. The molecule has 0 aromatic heterocycles. The number of halogens is 1. The Morgan fingerprint density at radius 3 is 1.68 bits per heavy atom. The lowest BCUT2D eigenvalue weighted by Gasteiger charge is -2.05. The molecule has 0 aliphatic rings. The van der Waals surface area contributed by atoms with Crippen molar-refractivity contribution in [2.45, 2.75) is 45.4 Å². The summed E-state index contributed by atoms with van der Waals surface area (Å²) in [4.78, 5) is 20.5. The molecule has 0 radical (unpaired) electrons. The van der Waals surface area contributed by atoms with Gasteiger partial charge in [0.05, 0.1) is 32.1 Å². The first-order valence-electron chi connectivity index (χ1n) is 9.69. The van der Waals surface area contributed by atoms with Gasteiger partial charge in [-0.1, -0.05) is 51.2 Å². The third-order valence-electron chi connectivity index (χ3n) is 4.00. The van der Waals surface area contributed by atoms with Gasteiger partial charge >= 0.3 is 21.2 Å². The molecular formula is C20H25IN2O7S. The van der Waals surface area contributed by atoms with E-state index in [1.165, 1.54) is 37.1 Å². The summed E-state index contributed by atoms with van der Waals surface area (Å²) in [7, 11) is -3.97. The zero-order valence-electron chi connectivity index (χ0n) is 17.1. The largest absolute Gasteiger partial charge is 0.748 e. The molecule has 0 amide bonds. The summed E-state index contributed by atoms with van der Waals surface area (Å²) < 4.78 is 32.2. The molecule has 0 unspecified atom stereocenters. The van der Waals surface area contributed by atoms with Gasteiger partial charge in [-0.15, -0.1) is 0 Å². The van der Waals surface area contributed by atoms with Crippen molar-refractivity contribution in [3.8, 4) is 0 Å². The lowest BCUT2D eigenvalue weighted by molar-refractivity contribution is -0.598. The number of unbranched alkanes of at least 4 members (excludes halogenated alkanes) is 5. The Kier molecular flexibility index (Phi) is 12.2. The SMILES string of the molecule is CCCCCCCCS(=O)(=O)[O-].O=[N+]([O-])c1cccc([I+]c2cccc([N+](=O)[O-])c2)c1. The van der Waals surface area contributed by atoms with Crippen LogP contribution in [0.3, 0.4) is 0 Å². The van der Waals surface area contributed by atoms with Crippen LogP contribution < -0.4 is 21.2 Å². The van der Waals surface area contributed by atoms with Crippen LogP contribution in [0.5, 0.6) is 0 Å². The standard InChI is InChI=1S/C12H8IN2O4.C8H18O3S/c16-14(17)11-5-1-3-9(7-11)13-10-4-2-6-12(8-10)15(18)19;1-2-3-4-5-6-7-8-12(9,10)11/h1-8H;2-8H2,1H3,(H,9,10,11)/q+1;/p-1. The number of nitro benzene ring substituents is 2. The van der Waals surface area contributed by atoms with Gasteiger partial charge in [0.2, 0.25) is 7.14 Å². The molecule has 2 rings (SSSR count). The summed E-state index contributed by atoms with van der Waals surface area (Å²) in [6.45, 7) is 2.13. The molecule has 0 heterocycles. The molecule has 0 saturated heterocycles. The first kappa shape index (κ1) is 26.9. The Balaban J connectivity index is 0.000000348. The third-order valence-corrected chi connectivity index (χ3v) is 7.38. The van der Waals surface area contributed by atoms with Crippen molar-refractivity contribution >= 4 is 21.5 Å². The topological polar surface area (TPSA) is 143 Å². The maximum atomic E-state index is 10.7. The smallest absolute Gasteiger partial charge is 0.358 e. The Bertz CT molecular complexity index is 912. The van der Waals surface area contributed by atoms with Gasteiger partial charge in [0.15, 0.2) is 0 Å². The van der Waals surface area contributed by atoms with Gasteiger partial charge in [-0.05, 0) is 18.6 Å².